The van der Waals surface area contributed by atoms with Crippen LogP contribution in [0.5, 0.6) is 0 Å². The number of likely N-dealkylation sites (N-methyl/N-ethyl adjacent to an activating group) is 1. The predicted molar refractivity (Wildman–Crippen MR) is 87.2 cm³/mol. The third-order valence-electron chi connectivity index (χ3n) is 4.24. The van der Waals surface area contributed by atoms with Crippen molar-refractivity contribution in [2.75, 3.05) is 20.1 Å². The number of carbonyl (C=O) groups excluding carboxylic acids is 1. The van der Waals surface area contributed by atoms with Crippen LogP contribution in [0.4, 0.5) is 5.69 Å². The molecule has 0 aliphatic carbocycles. The van der Waals surface area contributed by atoms with Crippen molar-refractivity contribution in [2.45, 2.75) is 19.1 Å². The van der Waals surface area contributed by atoms with E-state index in [0.717, 1.165) is 12.7 Å². The van der Waals surface area contributed by atoms with Crippen LogP contribution in [-0.2, 0) is 17.9 Å². The summed E-state index contributed by atoms with van der Waals surface area (Å²) >= 11 is 0. The van der Waals surface area contributed by atoms with Crippen LogP contribution >= 0.6 is 0 Å². The number of hydrogen-bond donors (Lipinski definition) is 0. The Labute approximate surface area is 139 Å². The molecule has 1 saturated heterocycles. The SMILES string of the molecule is CN(Cc1ccccc1)C1CN(C(=O)Cn2cc([N+](=O)[O-])cn2)C1. The lowest BCUT2D eigenvalue weighted by molar-refractivity contribution is -0.385. The average molecular weight is 329 g/mol. The van der Waals surface area contributed by atoms with Gasteiger partial charge in [-0.1, -0.05) is 30.3 Å². The first kappa shape index (κ1) is 16.1. The van der Waals surface area contributed by atoms with Gasteiger partial charge in [0, 0.05) is 25.7 Å². The predicted octanol–water partition coefficient (Wildman–Crippen LogP) is 1.13. The van der Waals surface area contributed by atoms with Crippen LogP contribution in [0, 0.1) is 10.1 Å². The van der Waals surface area contributed by atoms with E-state index in [1.165, 1.54) is 16.4 Å². The van der Waals surface area contributed by atoms with Crippen molar-refractivity contribution in [3.05, 3.63) is 58.4 Å². The molecule has 0 spiro atoms. The number of hydrogen-bond acceptors (Lipinski definition) is 5. The summed E-state index contributed by atoms with van der Waals surface area (Å²) in [5, 5.41) is 14.5. The lowest BCUT2D eigenvalue weighted by Gasteiger charge is -2.44. The van der Waals surface area contributed by atoms with E-state index in [9.17, 15) is 14.9 Å². The summed E-state index contributed by atoms with van der Waals surface area (Å²) in [4.78, 5) is 26.3. The monoisotopic (exact) mass is 329 g/mol. The van der Waals surface area contributed by atoms with Crippen molar-refractivity contribution < 1.29 is 9.72 Å². The van der Waals surface area contributed by atoms with Crippen molar-refractivity contribution in [3.8, 4) is 0 Å². The molecule has 0 saturated carbocycles. The van der Waals surface area contributed by atoms with Gasteiger partial charge in [-0.15, -0.1) is 0 Å². The third-order valence-corrected chi connectivity index (χ3v) is 4.24. The van der Waals surface area contributed by atoms with Gasteiger partial charge in [-0.3, -0.25) is 24.5 Å². The van der Waals surface area contributed by atoms with Gasteiger partial charge < -0.3 is 4.90 Å². The molecular weight excluding hydrogens is 310 g/mol. The lowest BCUT2D eigenvalue weighted by atomic mass is 10.1. The third kappa shape index (κ3) is 3.60. The summed E-state index contributed by atoms with van der Waals surface area (Å²) in [5.74, 6) is -0.0719. The Kier molecular flexibility index (Phi) is 4.57. The molecule has 1 amide bonds. The largest absolute Gasteiger partial charge is 0.338 e. The molecule has 24 heavy (non-hydrogen) atoms. The molecule has 126 valence electrons. The molecule has 1 aliphatic rings. The second-order valence-corrected chi connectivity index (χ2v) is 6.01. The highest BCUT2D eigenvalue weighted by atomic mass is 16.6. The first-order valence-corrected chi connectivity index (χ1v) is 7.71. The highest BCUT2D eigenvalue weighted by Crippen LogP contribution is 2.17. The van der Waals surface area contributed by atoms with Gasteiger partial charge in [-0.2, -0.15) is 5.10 Å². The molecule has 8 nitrogen and oxygen atoms in total. The number of amides is 1. The molecule has 1 fully saturated rings. The van der Waals surface area contributed by atoms with Crippen LogP contribution in [0.3, 0.4) is 0 Å². The van der Waals surface area contributed by atoms with Gasteiger partial charge in [-0.25, -0.2) is 0 Å². The fourth-order valence-electron chi connectivity index (χ4n) is 2.71. The second-order valence-electron chi connectivity index (χ2n) is 6.01. The molecule has 1 aromatic heterocycles. The van der Waals surface area contributed by atoms with Crippen LogP contribution in [0.1, 0.15) is 5.56 Å². The van der Waals surface area contributed by atoms with E-state index in [2.05, 4.69) is 29.2 Å². The maximum absolute atomic E-state index is 12.2. The van der Waals surface area contributed by atoms with Gasteiger partial charge in [0.1, 0.15) is 18.9 Å². The van der Waals surface area contributed by atoms with E-state index >= 15 is 0 Å². The molecule has 0 bridgehead atoms. The summed E-state index contributed by atoms with van der Waals surface area (Å²) in [6, 6.07) is 10.5. The number of rotatable bonds is 6. The van der Waals surface area contributed by atoms with Crippen molar-refractivity contribution in [2.24, 2.45) is 0 Å². The number of nitrogens with zero attached hydrogens (tertiary/aromatic N) is 5. The van der Waals surface area contributed by atoms with Gasteiger partial charge >= 0.3 is 5.69 Å². The zero-order valence-electron chi connectivity index (χ0n) is 13.4. The Bertz CT molecular complexity index is 724. The molecule has 0 radical (unpaired) electrons. The summed E-state index contributed by atoms with van der Waals surface area (Å²) in [6.45, 7) is 2.22. The molecule has 0 atom stereocenters. The van der Waals surface area contributed by atoms with Gasteiger partial charge in [-0.05, 0) is 12.6 Å². The fourth-order valence-corrected chi connectivity index (χ4v) is 2.71. The highest BCUT2D eigenvalue weighted by Gasteiger charge is 2.33. The quantitative estimate of drug-likeness (QED) is 0.586. The van der Waals surface area contributed by atoms with E-state index in [1.54, 1.807) is 4.90 Å². The molecule has 2 aromatic rings. The minimum atomic E-state index is -0.522. The number of carbonyl (C=O) groups is 1. The topological polar surface area (TPSA) is 84.5 Å². The van der Waals surface area contributed by atoms with E-state index in [4.69, 9.17) is 0 Å². The number of benzene rings is 1. The molecular formula is C16H19N5O3. The number of aromatic nitrogens is 2. The second kappa shape index (κ2) is 6.79. The van der Waals surface area contributed by atoms with Crippen LogP contribution < -0.4 is 0 Å². The van der Waals surface area contributed by atoms with E-state index in [0.29, 0.717) is 19.1 Å². The molecule has 0 N–H and O–H groups in total. The Morgan fingerprint density at radius 3 is 2.71 bits per heavy atom. The molecule has 8 heteroatoms. The van der Waals surface area contributed by atoms with Crippen molar-refractivity contribution in [1.82, 2.24) is 19.6 Å². The zero-order chi connectivity index (χ0) is 17.1. The van der Waals surface area contributed by atoms with Gasteiger partial charge in [0.25, 0.3) is 0 Å². The molecule has 1 aliphatic heterocycles. The zero-order valence-corrected chi connectivity index (χ0v) is 13.4. The van der Waals surface area contributed by atoms with Gasteiger partial charge in [0.15, 0.2) is 0 Å². The minimum absolute atomic E-state index is 0.0307. The van der Waals surface area contributed by atoms with Crippen molar-refractivity contribution in [1.29, 1.82) is 0 Å². The van der Waals surface area contributed by atoms with Crippen LogP contribution in [-0.4, -0.2) is 56.6 Å². The van der Waals surface area contributed by atoms with Crippen molar-refractivity contribution in [3.63, 3.8) is 0 Å². The first-order valence-electron chi connectivity index (χ1n) is 7.71. The number of likely N-dealkylation sites (tertiary alicyclic amines) is 1. The maximum Gasteiger partial charge on any atom is 0.307 e. The standard InChI is InChI=1S/C16H19N5O3/c1-18(8-13-5-3-2-4-6-13)15-9-19(10-15)16(22)12-20-11-14(7-17-20)21(23)24/h2-7,11,15H,8-10,12H2,1H3. The first-order chi connectivity index (χ1) is 11.5. The summed E-state index contributed by atoms with van der Waals surface area (Å²) in [5.41, 5.74) is 1.14. The molecule has 1 aromatic carbocycles. The van der Waals surface area contributed by atoms with Crippen LogP contribution in [0.25, 0.3) is 0 Å². The Morgan fingerprint density at radius 2 is 2.08 bits per heavy atom. The van der Waals surface area contributed by atoms with Gasteiger partial charge in [0.05, 0.1) is 4.92 Å². The Balaban J connectivity index is 1.47. The Hall–Kier alpha value is -2.74. The summed E-state index contributed by atoms with van der Waals surface area (Å²) < 4.78 is 1.31. The molecule has 0 unspecified atom stereocenters. The molecule has 3 rings (SSSR count). The smallest absolute Gasteiger partial charge is 0.307 e. The van der Waals surface area contributed by atoms with Gasteiger partial charge in [0.2, 0.25) is 5.91 Å². The van der Waals surface area contributed by atoms with Crippen LogP contribution in [0.15, 0.2) is 42.7 Å². The number of nitro groups is 1. The molecule has 2 heterocycles. The van der Waals surface area contributed by atoms with E-state index in [-0.39, 0.29) is 18.1 Å². The summed E-state index contributed by atoms with van der Waals surface area (Å²) in [7, 11) is 2.05. The minimum Gasteiger partial charge on any atom is -0.338 e. The van der Waals surface area contributed by atoms with E-state index < -0.39 is 4.92 Å². The van der Waals surface area contributed by atoms with E-state index in [1.807, 2.05) is 18.2 Å². The van der Waals surface area contributed by atoms with Crippen molar-refractivity contribution >= 4 is 11.6 Å². The average Bonchev–Trinajstić information content (AvgIpc) is 2.95. The Morgan fingerprint density at radius 1 is 1.38 bits per heavy atom. The maximum atomic E-state index is 12.2. The van der Waals surface area contributed by atoms with Crippen LogP contribution in [0.2, 0.25) is 0 Å². The normalized spacial score (nSPS) is 14.7. The summed E-state index contributed by atoms with van der Waals surface area (Å²) in [6.07, 6.45) is 2.43. The fraction of sp³-hybridized carbons (Fsp3) is 0.375. The lowest BCUT2D eigenvalue weighted by Crippen LogP contribution is -2.60. The highest BCUT2D eigenvalue weighted by molar-refractivity contribution is 5.77.